The van der Waals surface area contributed by atoms with Crippen LogP contribution in [0.3, 0.4) is 0 Å². The molecule has 0 saturated heterocycles. The minimum atomic E-state index is -1.14. The van der Waals surface area contributed by atoms with Crippen molar-refractivity contribution >= 4 is 46.1 Å². The third-order valence-corrected chi connectivity index (χ3v) is 6.35. The molecule has 4 N–H and O–H groups in total. The van der Waals surface area contributed by atoms with Gasteiger partial charge in [-0.05, 0) is 57.0 Å². The number of hydrogen-bond acceptors (Lipinski definition) is 7. The Labute approximate surface area is 212 Å². The van der Waals surface area contributed by atoms with Crippen LogP contribution < -0.4 is 16.0 Å². The molecule has 192 valence electrons. The molecular formula is C25H30N4O6S. The number of benzene rings is 1. The zero-order valence-electron chi connectivity index (χ0n) is 20.8. The summed E-state index contributed by atoms with van der Waals surface area (Å²) in [6.07, 6.45) is 1.11. The topological polar surface area (TPSA) is 139 Å². The van der Waals surface area contributed by atoms with Gasteiger partial charge in [-0.3, -0.25) is 9.59 Å². The van der Waals surface area contributed by atoms with Crippen LogP contribution in [0, 0.1) is 6.92 Å². The van der Waals surface area contributed by atoms with E-state index in [1.807, 2.05) is 30.5 Å². The highest BCUT2D eigenvalue weighted by atomic mass is 32.1. The normalized spacial score (nSPS) is 12.0. The molecule has 0 fully saturated rings. The monoisotopic (exact) mass is 514 g/mol. The Morgan fingerprint density at radius 2 is 1.83 bits per heavy atom. The summed E-state index contributed by atoms with van der Waals surface area (Å²) >= 11 is 1.02. The van der Waals surface area contributed by atoms with E-state index < -0.39 is 29.6 Å². The van der Waals surface area contributed by atoms with E-state index >= 15 is 0 Å². The Morgan fingerprint density at radius 3 is 2.53 bits per heavy atom. The maximum absolute atomic E-state index is 12.9. The van der Waals surface area contributed by atoms with Crippen molar-refractivity contribution in [3.05, 3.63) is 57.4 Å². The van der Waals surface area contributed by atoms with Crippen molar-refractivity contribution in [3.8, 4) is 0 Å². The fourth-order valence-electron chi connectivity index (χ4n) is 3.45. The molecule has 0 bridgehead atoms. The van der Waals surface area contributed by atoms with Gasteiger partial charge in [0.05, 0.1) is 23.4 Å². The molecule has 11 heteroatoms. The van der Waals surface area contributed by atoms with Crippen molar-refractivity contribution in [2.45, 2.75) is 45.9 Å². The predicted molar refractivity (Wildman–Crippen MR) is 136 cm³/mol. The lowest BCUT2D eigenvalue weighted by molar-refractivity contribution is -0.142. The van der Waals surface area contributed by atoms with Gasteiger partial charge in [0.15, 0.2) is 0 Å². The maximum Gasteiger partial charge on any atom is 0.407 e. The highest BCUT2D eigenvalue weighted by Crippen LogP contribution is 2.23. The highest BCUT2D eigenvalue weighted by molar-refractivity contribution is 7.16. The Hall–Kier alpha value is -3.86. The lowest BCUT2D eigenvalue weighted by Crippen LogP contribution is -2.49. The number of rotatable bonds is 8. The van der Waals surface area contributed by atoms with Crippen molar-refractivity contribution in [3.63, 3.8) is 0 Å². The summed E-state index contributed by atoms with van der Waals surface area (Å²) < 4.78 is 9.90. The number of nitrogens with one attached hydrogen (secondary N) is 4. The molecule has 3 aromatic rings. The number of amides is 3. The van der Waals surface area contributed by atoms with E-state index in [-0.39, 0.29) is 17.3 Å². The van der Waals surface area contributed by atoms with Crippen LogP contribution in [0.15, 0.2) is 36.5 Å². The molecule has 3 amide bonds. The number of esters is 1. The molecule has 0 saturated carbocycles. The second-order valence-corrected chi connectivity index (χ2v) is 10.1. The third kappa shape index (κ3) is 6.85. The van der Waals surface area contributed by atoms with Crippen molar-refractivity contribution in [2.75, 3.05) is 13.7 Å². The van der Waals surface area contributed by atoms with Crippen LogP contribution in [-0.4, -0.2) is 54.2 Å². The average molecular weight is 515 g/mol. The summed E-state index contributed by atoms with van der Waals surface area (Å²) in [7, 11) is 1.18. The SMILES string of the molecule is COC(=O)C(CNC(=O)OC(C)(C)C)NC(=O)c1sc(C(=O)NCc2cccc3[nH]ccc23)cc1C. The lowest BCUT2D eigenvalue weighted by Gasteiger charge is -2.21. The summed E-state index contributed by atoms with van der Waals surface area (Å²) in [5.74, 6) is -1.61. The first-order chi connectivity index (χ1) is 17.0. The quantitative estimate of drug-likeness (QED) is 0.340. The van der Waals surface area contributed by atoms with Gasteiger partial charge in [-0.25, -0.2) is 9.59 Å². The van der Waals surface area contributed by atoms with E-state index in [1.165, 1.54) is 7.11 Å². The zero-order valence-corrected chi connectivity index (χ0v) is 21.6. The van der Waals surface area contributed by atoms with E-state index in [0.29, 0.717) is 17.0 Å². The lowest BCUT2D eigenvalue weighted by atomic mass is 10.1. The predicted octanol–water partition coefficient (Wildman–Crippen LogP) is 3.26. The number of methoxy groups -OCH3 is 1. The number of alkyl carbamates (subject to hydrolysis) is 1. The van der Waals surface area contributed by atoms with Crippen molar-refractivity contribution in [1.82, 2.24) is 20.9 Å². The number of aromatic amines is 1. The fourth-order valence-corrected chi connectivity index (χ4v) is 4.44. The first-order valence-electron chi connectivity index (χ1n) is 11.3. The van der Waals surface area contributed by atoms with Crippen LogP contribution in [0.2, 0.25) is 0 Å². The molecule has 2 heterocycles. The standard InChI is InChI=1S/C25H30N4O6S/c1-14-11-19(21(30)27-12-15-7-6-8-17-16(15)9-10-26-17)36-20(14)22(31)29-18(23(32)34-5)13-28-24(33)35-25(2,3)4/h6-11,18,26H,12-13H2,1-5H3,(H,27,30)(H,28,33)(H,29,31). The van der Waals surface area contributed by atoms with Gasteiger partial charge in [0, 0.05) is 23.6 Å². The van der Waals surface area contributed by atoms with Gasteiger partial charge >= 0.3 is 12.1 Å². The van der Waals surface area contributed by atoms with Crippen LogP contribution in [0.1, 0.15) is 51.2 Å². The number of thiophene rings is 1. The van der Waals surface area contributed by atoms with Gasteiger partial charge in [-0.1, -0.05) is 12.1 Å². The summed E-state index contributed by atoms with van der Waals surface area (Å²) in [4.78, 5) is 53.6. The average Bonchev–Trinajstić information content (AvgIpc) is 3.45. The molecule has 2 aromatic heterocycles. The van der Waals surface area contributed by atoms with Gasteiger partial charge in [-0.15, -0.1) is 11.3 Å². The van der Waals surface area contributed by atoms with E-state index in [4.69, 9.17) is 9.47 Å². The fraction of sp³-hybridized carbons (Fsp3) is 0.360. The summed E-state index contributed by atoms with van der Waals surface area (Å²) in [5.41, 5.74) is 1.81. The number of aryl methyl sites for hydroxylation is 1. The van der Waals surface area contributed by atoms with Gasteiger partial charge in [0.2, 0.25) is 0 Å². The van der Waals surface area contributed by atoms with E-state index in [0.717, 1.165) is 27.8 Å². The third-order valence-electron chi connectivity index (χ3n) is 5.11. The Balaban J connectivity index is 1.64. The Morgan fingerprint density at radius 1 is 1.08 bits per heavy atom. The van der Waals surface area contributed by atoms with Gasteiger partial charge in [-0.2, -0.15) is 0 Å². The zero-order chi connectivity index (χ0) is 26.5. The van der Waals surface area contributed by atoms with Crippen molar-refractivity contribution in [2.24, 2.45) is 0 Å². The number of carbonyl (C=O) groups excluding carboxylic acids is 4. The number of fused-ring (bicyclic) bond motifs is 1. The molecule has 0 radical (unpaired) electrons. The van der Waals surface area contributed by atoms with E-state index in [1.54, 1.807) is 33.8 Å². The molecule has 36 heavy (non-hydrogen) atoms. The number of H-pyrrole nitrogens is 1. The van der Waals surface area contributed by atoms with E-state index in [9.17, 15) is 19.2 Å². The number of ether oxygens (including phenoxy) is 2. The molecule has 0 aliphatic heterocycles. The van der Waals surface area contributed by atoms with Crippen LogP contribution in [0.4, 0.5) is 4.79 Å². The number of carbonyl (C=O) groups is 4. The van der Waals surface area contributed by atoms with Crippen LogP contribution >= 0.6 is 11.3 Å². The maximum atomic E-state index is 12.9. The molecule has 0 spiro atoms. The molecule has 1 aromatic carbocycles. The Kier molecular flexibility index (Phi) is 8.36. The first-order valence-corrected chi connectivity index (χ1v) is 12.1. The molecule has 1 atom stereocenters. The number of aromatic nitrogens is 1. The summed E-state index contributed by atoms with van der Waals surface area (Å²) in [6.45, 7) is 6.93. The van der Waals surface area contributed by atoms with Crippen molar-refractivity contribution in [1.29, 1.82) is 0 Å². The smallest absolute Gasteiger partial charge is 0.407 e. The second kappa shape index (κ2) is 11.3. The molecule has 3 rings (SSSR count). The molecular weight excluding hydrogens is 484 g/mol. The Bertz CT molecular complexity index is 1270. The molecule has 0 aliphatic carbocycles. The largest absolute Gasteiger partial charge is 0.467 e. The molecule has 0 aliphatic rings. The summed E-state index contributed by atoms with van der Waals surface area (Å²) in [6, 6.07) is 8.23. The minimum Gasteiger partial charge on any atom is -0.467 e. The van der Waals surface area contributed by atoms with Crippen LogP contribution in [0.5, 0.6) is 0 Å². The first kappa shape index (κ1) is 26.7. The van der Waals surface area contributed by atoms with Gasteiger partial charge in [0.25, 0.3) is 11.8 Å². The van der Waals surface area contributed by atoms with Gasteiger partial charge < -0.3 is 30.4 Å². The van der Waals surface area contributed by atoms with Gasteiger partial charge in [0.1, 0.15) is 11.6 Å². The van der Waals surface area contributed by atoms with Crippen LogP contribution in [0.25, 0.3) is 10.9 Å². The van der Waals surface area contributed by atoms with E-state index in [2.05, 4.69) is 20.9 Å². The van der Waals surface area contributed by atoms with Crippen LogP contribution in [-0.2, 0) is 20.8 Å². The molecule has 10 nitrogen and oxygen atoms in total. The minimum absolute atomic E-state index is 0.226. The van der Waals surface area contributed by atoms with Crippen molar-refractivity contribution < 1.29 is 28.7 Å². The molecule has 1 unspecified atom stereocenters. The number of hydrogen-bond donors (Lipinski definition) is 4. The highest BCUT2D eigenvalue weighted by Gasteiger charge is 2.26. The second-order valence-electron chi connectivity index (χ2n) is 9.09. The summed E-state index contributed by atoms with van der Waals surface area (Å²) in [5, 5.41) is 8.92.